The Kier molecular flexibility index (Phi) is 9.08. The third-order valence-electron chi connectivity index (χ3n) is 6.05. The Morgan fingerprint density at radius 3 is 2.35 bits per heavy atom. The Hall–Kier alpha value is -2.23. The van der Waals surface area contributed by atoms with Crippen LogP contribution in [0.15, 0.2) is 51.3 Å². The second-order valence-corrected chi connectivity index (χ2v) is 13.4. The first-order chi connectivity index (χ1) is 17.7. The first kappa shape index (κ1) is 27.8. The standard InChI is InChI=1S/C23H30N4O7S3/c1-33-20-7-5-18(15-21(20)37(31,32)26-9-3-2-4-10-26)25-22(28)17-35-23-8-6-19(16-24-23)36(29,30)27-11-13-34-14-12-27/h5-8,15-16H,2-4,9-14,17H2,1H3,(H,25,28). The Balaban J connectivity index is 1.38. The van der Waals surface area contributed by atoms with Gasteiger partial charge in [0, 0.05) is 38.1 Å². The van der Waals surface area contributed by atoms with Crippen molar-refractivity contribution < 1.29 is 31.1 Å². The van der Waals surface area contributed by atoms with Gasteiger partial charge in [0.05, 0.1) is 31.1 Å². The minimum Gasteiger partial charge on any atom is -0.495 e. The summed E-state index contributed by atoms with van der Waals surface area (Å²) in [5.74, 6) is -0.138. The molecule has 2 aliphatic heterocycles. The predicted molar refractivity (Wildman–Crippen MR) is 139 cm³/mol. The number of aromatic nitrogens is 1. The smallest absolute Gasteiger partial charge is 0.246 e. The number of nitrogens with zero attached hydrogens (tertiary/aromatic N) is 3. The number of piperidine rings is 1. The number of thioether (sulfide) groups is 1. The molecule has 0 spiro atoms. The Morgan fingerprint density at radius 2 is 1.70 bits per heavy atom. The molecule has 11 nitrogen and oxygen atoms in total. The molecule has 0 radical (unpaired) electrons. The molecule has 37 heavy (non-hydrogen) atoms. The summed E-state index contributed by atoms with van der Waals surface area (Å²) in [6, 6.07) is 7.55. The largest absolute Gasteiger partial charge is 0.495 e. The minimum absolute atomic E-state index is 0.00278. The number of methoxy groups -OCH3 is 1. The summed E-state index contributed by atoms with van der Waals surface area (Å²) < 4.78 is 65.1. The number of amides is 1. The van der Waals surface area contributed by atoms with Crippen LogP contribution in [0.2, 0.25) is 0 Å². The molecule has 14 heteroatoms. The van der Waals surface area contributed by atoms with Crippen LogP contribution in [0.3, 0.4) is 0 Å². The number of rotatable bonds is 9. The normalized spacial score (nSPS) is 17.9. The van der Waals surface area contributed by atoms with E-state index in [0.717, 1.165) is 31.0 Å². The topological polar surface area (TPSA) is 135 Å². The maximum absolute atomic E-state index is 13.2. The van der Waals surface area contributed by atoms with Gasteiger partial charge in [-0.3, -0.25) is 4.79 Å². The van der Waals surface area contributed by atoms with Crippen LogP contribution in [-0.4, -0.2) is 88.6 Å². The van der Waals surface area contributed by atoms with Crippen LogP contribution in [0.1, 0.15) is 19.3 Å². The van der Waals surface area contributed by atoms with E-state index < -0.39 is 20.0 Å². The van der Waals surface area contributed by atoms with E-state index in [1.807, 2.05) is 0 Å². The van der Waals surface area contributed by atoms with Gasteiger partial charge < -0.3 is 14.8 Å². The molecule has 1 amide bonds. The van der Waals surface area contributed by atoms with Crippen molar-refractivity contribution in [1.29, 1.82) is 0 Å². The van der Waals surface area contributed by atoms with Crippen LogP contribution in [-0.2, 0) is 29.6 Å². The van der Waals surface area contributed by atoms with Crippen molar-refractivity contribution in [3.05, 3.63) is 36.5 Å². The molecular weight excluding hydrogens is 540 g/mol. The summed E-state index contributed by atoms with van der Waals surface area (Å²) in [7, 11) is -6.00. The van der Waals surface area contributed by atoms with E-state index in [-0.39, 0.29) is 27.2 Å². The van der Waals surface area contributed by atoms with Crippen LogP contribution >= 0.6 is 11.8 Å². The summed E-state index contributed by atoms with van der Waals surface area (Å²) in [6.07, 6.45) is 3.90. The monoisotopic (exact) mass is 570 g/mol. The lowest BCUT2D eigenvalue weighted by Crippen LogP contribution is -2.40. The van der Waals surface area contributed by atoms with Crippen LogP contribution in [0.25, 0.3) is 0 Å². The van der Waals surface area contributed by atoms with Crippen molar-refractivity contribution in [3.8, 4) is 5.75 Å². The number of benzene rings is 1. The molecule has 3 heterocycles. The number of nitrogens with one attached hydrogen (secondary N) is 1. The number of hydrogen-bond donors (Lipinski definition) is 1. The molecule has 0 bridgehead atoms. The highest BCUT2D eigenvalue weighted by molar-refractivity contribution is 7.99. The lowest BCUT2D eigenvalue weighted by Gasteiger charge is -2.26. The van der Waals surface area contributed by atoms with Gasteiger partial charge in [-0.15, -0.1) is 0 Å². The van der Waals surface area contributed by atoms with Crippen molar-refractivity contribution in [2.75, 3.05) is 57.6 Å². The molecule has 2 fully saturated rings. The fourth-order valence-electron chi connectivity index (χ4n) is 4.08. The third kappa shape index (κ3) is 6.62. The van der Waals surface area contributed by atoms with E-state index in [2.05, 4.69) is 10.3 Å². The van der Waals surface area contributed by atoms with Crippen LogP contribution in [0.5, 0.6) is 5.75 Å². The highest BCUT2D eigenvalue weighted by Crippen LogP contribution is 2.31. The fraction of sp³-hybridized carbons (Fsp3) is 0.478. The van der Waals surface area contributed by atoms with E-state index >= 15 is 0 Å². The Bertz CT molecular complexity index is 1310. The third-order valence-corrected chi connectivity index (χ3v) is 10.8. The first-order valence-corrected chi connectivity index (χ1v) is 15.7. The number of ether oxygens (including phenoxy) is 2. The SMILES string of the molecule is COc1ccc(NC(=O)CSc2ccc(S(=O)(=O)N3CCOCC3)cn2)cc1S(=O)(=O)N1CCCCC1. The zero-order valence-corrected chi connectivity index (χ0v) is 22.9. The van der Waals surface area contributed by atoms with Crippen molar-refractivity contribution in [3.63, 3.8) is 0 Å². The number of morpholine rings is 1. The average molecular weight is 571 g/mol. The number of carbonyl (C=O) groups excluding carboxylic acids is 1. The molecule has 1 aromatic heterocycles. The first-order valence-electron chi connectivity index (χ1n) is 11.9. The van der Waals surface area contributed by atoms with E-state index in [1.165, 1.54) is 40.1 Å². The molecule has 1 N–H and O–H groups in total. The number of pyridine rings is 1. The second-order valence-electron chi connectivity index (χ2n) is 8.52. The van der Waals surface area contributed by atoms with Crippen molar-refractivity contribution >= 4 is 43.4 Å². The lowest BCUT2D eigenvalue weighted by molar-refractivity contribution is -0.113. The van der Waals surface area contributed by atoms with Gasteiger partial charge in [-0.25, -0.2) is 21.8 Å². The van der Waals surface area contributed by atoms with Gasteiger partial charge in [-0.05, 0) is 43.2 Å². The molecule has 1 aromatic carbocycles. The highest BCUT2D eigenvalue weighted by Gasteiger charge is 2.29. The van der Waals surface area contributed by atoms with Crippen molar-refractivity contribution in [2.24, 2.45) is 0 Å². The van der Waals surface area contributed by atoms with Crippen molar-refractivity contribution in [1.82, 2.24) is 13.6 Å². The molecule has 0 unspecified atom stereocenters. The molecule has 2 saturated heterocycles. The van der Waals surface area contributed by atoms with Gasteiger partial charge in [0.15, 0.2) is 0 Å². The van der Waals surface area contributed by atoms with E-state index in [9.17, 15) is 21.6 Å². The van der Waals surface area contributed by atoms with E-state index in [0.29, 0.717) is 50.1 Å². The summed E-state index contributed by atoms with van der Waals surface area (Å²) in [5, 5.41) is 3.20. The second kappa shape index (κ2) is 12.1. The maximum Gasteiger partial charge on any atom is 0.246 e. The molecule has 0 saturated carbocycles. The van der Waals surface area contributed by atoms with Crippen molar-refractivity contribution in [2.45, 2.75) is 34.1 Å². The number of hydrogen-bond acceptors (Lipinski definition) is 9. The van der Waals surface area contributed by atoms with E-state index in [1.54, 1.807) is 12.1 Å². The van der Waals surface area contributed by atoms with Gasteiger partial charge in [0.2, 0.25) is 26.0 Å². The maximum atomic E-state index is 13.2. The van der Waals surface area contributed by atoms with Gasteiger partial charge in [0.1, 0.15) is 15.5 Å². The predicted octanol–water partition coefficient (Wildman–Crippen LogP) is 2.02. The molecule has 0 aliphatic carbocycles. The molecule has 2 aliphatic rings. The minimum atomic E-state index is -3.76. The summed E-state index contributed by atoms with van der Waals surface area (Å²) in [6.45, 7) is 2.22. The van der Waals surface area contributed by atoms with Gasteiger partial charge in [-0.2, -0.15) is 8.61 Å². The fourth-order valence-corrected chi connectivity index (χ4v) is 7.77. The van der Waals surface area contributed by atoms with E-state index in [4.69, 9.17) is 9.47 Å². The van der Waals surface area contributed by atoms with Crippen LogP contribution in [0, 0.1) is 0 Å². The number of carbonyl (C=O) groups is 1. The zero-order chi connectivity index (χ0) is 26.5. The van der Waals surface area contributed by atoms with Gasteiger partial charge in [-0.1, -0.05) is 18.2 Å². The lowest BCUT2D eigenvalue weighted by atomic mass is 10.2. The van der Waals surface area contributed by atoms with Gasteiger partial charge >= 0.3 is 0 Å². The number of sulfonamides is 2. The molecular formula is C23H30N4O7S3. The van der Waals surface area contributed by atoms with Crippen LogP contribution in [0.4, 0.5) is 5.69 Å². The average Bonchev–Trinajstić information content (AvgIpc) is 2.93. The molecule has 4 rings (SSSR count). The molecule has 2 aromatic rings. The highest BCUT2D eigenvalue weighted by atomic mass is 32.2. The Labute approximate surface area is 221 Å². The number of anilines is 1. The molecule has 202 valence electrons. The quantitative estimate of drug-likeness (QED) is 0.449. The summed E-state index contributed by atoms with van der Waals surface area (Å²) in [4.78, 5) is 16.9. The molecule has 0 atom stereocenters. The summed E-state index contributed by atoms with van der Waals surface area (Å²) in [5.41, 5.74) is 0.335. The summed E-state index contributed by atoms with van der Waals surface area (Å²) >= 11 is 1.14. The van der Waals surface area contributed by atoms with Gasteiger partial charge in [0.25, 0.3) is 0 Å². The Morgan fingerprint density at radius 1 is 1.00 bits per heavy atom. The van der Waals surface area contributed by atoms with Crippen LogP contribution < -0.4 is 10.1 Å². The zero-order valence-electron chi connectivity index (χ0n) is 20.5.